The van der Waals surface area contributed by atoms with Crippen LogP contribution in [0.25, 0.3) is 0 Å². The molecule has 0 amide bonds. The first-order chi connectivity index (χ1) is 8.41. The first kappa shape index (κ1) is 14.9. The maximum atomic E-state index is 4.01. The average Bonchev–Trinajstić information content (AvgIpc) is 2.28. The molecular weight excluding hydrogens is 284 g/mol. The average molecular weight is 315 g/mol. The number of alkyl halides is 1. The van der Waals surface area contributed by atoms with Crippen LogP contribution in [0.3, 0.4) is 0 Å². The zero-order chi connectivity index (χ0) is 13.3. The molecule has 18 heavy (non-hydrogen) atoms. The highest BCUT2D eigenvalue weighted by molar-refractivity contribution is 9.09. The van der Waals surface area contributed by atoms with Gasteiger partial charge in [-0.2, -0.15) is 0 Å². The smallest absolute Gasteiger partial charge is 0.0181 e. The van der Waals surface area contributed by atoms with Crippen LogP contribution in [0.15, 0.2) is 0 Å². The standard InChI is InChI=1S/C17H31Br/c1-12-6-5-7-14(10-12)17(3,4)15-9-8-13(2)11-16(15)18/h12-16H,5-11H2,1-4H3. The number of hydrogen-bond donors (Lipinski definition) is 0. The Morgan fingerprint density at radius 3 is 2.17 bits per heavy atom. The zero-order valence-corrected chi connectivity index (χ0v) is 14.3. The van der Waals surface area contributed by atoms with Crippen LogP contribution >= 0.6 is 15.9 Å². The van der Waals surface area contributed by atoms with Gasteiger partial charge in [0, 0.05) is 4.83 Å². The van der Waals surface area contributed by atoms with E-state index in [1.54, 1.807) is 0 Å². The summed E-state index contributed by atoms with van der Waals surface area (Å²) in [7, 11) is 0. The third-order valence-electron chi connectivity index (χ3n) is 5.98. The summed E-state index contributed by atoms with van der Waals surface area (Å²) in [6.07, 6.45) is 10.1. The second-order valence-electron chi connectivity index (χ2n) is 7.83. The topological polar surface area (TPSA) is 0 Å². The molecule has 0 heterocycles. The maximum Gasteiger partial charge on any atom is 0.0181 e. The Labute approximate surface area is 122 Å². The normalized spacial score (nSPS) is 42.8. The molecule has 2 rings (SSSR count). The van der Waals surface area contributed by atoms with E-state index in [4.69, 9.17) is 0 Å². The van der Waals surface area contributed by atoms with Gasteiger partial charge in [0.2, 0.25) is 0 Å². The predicted octanol–water partition coefficient (Wildman–Crippen LogP) is 6.04. The molecule has 0 spiro atoms. The minimum atomic E-state index is 0.531. The fourth-order valence-electron chi connectivity index (χ4n) is 4.56. The van der Waals surface area contributed by atoms with Gasteiger partial charge in [-0.15, -0.1) is 0 Å². The molecule has 0 nitrogen and oxygen atoms in total. The van der Waals surface area contributed by atoms with Crippen molar-refractivity contribution in [2.75, 3.05) is 0 Å². The van der Waals surface area contributed by atoms with E-state index in [1.165, 1.54) is 44.9 Å². The van der Waals surface area contributed by atoms with Gasteiger partial charge < -0.3 is 0 Å². The molecule has 106 valence electrons. The molecule has 2 saturated carbocycles. The number of rotatable bonds is 2. The van der Waals surface area contributed by atoms with Crippen LogP contribution < -0.4 is 0 Å². The molecule has 0 aromatic carbocycles. The van der Waals surface area contributed by atoms with Crippen molar-refractivity contribution in [2.45, 2.75) is 77.5 Å². The van der Waals surface area contributed by atoms with Crippen LogP contribution in [0.4, 0.5) is 0 Å². The van der Waals surface area contributed by atoms with Crippen molar-refractivity contribution in [1.82, 2.24) is 0 Å². The monoisotopic (exact) mass is 314 g/mol. The first-order valence-corrected chi connectivity index (χ1v) is 8.97. The maximum absolute atomic E-state index is 4.01. The fraction of sp³-hybridized carbons (Fsp3) is 1.00. The third kappa shape index (κ3) is 3.14. The summed E-state index contributed by atoms with van der Waals surface area (Å²) in [6, 6.07) is 0. The molecule has 0 aliphatic heterocycles. The summed E-state index contributed by atoms with van der Waals surface area (Å²) in [5.41, 5.74) is 0.531. The van der Waals surface area contributed by atoms with E-state index in [2.05, 4.69) is 43.6 Å². The van der Waals surface area contributed by atoms with Gasteiger partial charge in [-0.1, -0.05) is 62.9 Å². The lowest BCUT2D eigenvalue weighted by Crippen LogP contribution is -2.41. The molecule has 0 saturated heterocycles. The van der Waals surface area contributed by atoms with Crippen LogP contribution in [-0.4, -0.2) is 4.83 Å². The molecule has 0 aromatic rings. The van der Waals surface area contributed by atoms with Crippen LogP contribution in [0.5, 0.6) is 0 Å². The van der Waals surface area contributed by atoms with E-state index >= 15 is 0 Å². The van der Waals surface area contributed by atoms with Crippen molar-refractivity contribution in [2.24, 2.45) is 29.1 Å². The summed E-state index contributed by atoms with van der Waals surface area (Å²) in [5.74, 6) is 3.73. The molecule has 2 aliphatic carbocycles. The molecule has 1 heteroatoms. The summed E-state index contributed by atoms with van der Waals surface area (Å²) in [5, 5.41) is 0. The predicted molar refractivity (Wildman–Crippen MR) is 84.1 cm³/mol. The lowest BCUT2D eigenvalue weighted by molar-refractivity contribution is 0.0436. The fourth-order valence-corrected chi connectivity index (χ4v) is 6.15. The Bertz CT molecular complexity index is 271. The van der Waals surface area contributed by atoms with Gasteiger partial charge in [0.15, 0.2) is 0 Å². The first-order valence-electron chi connectivity index (χ1n) is 8.05. The molecule has 0 bridgehead atoms. The van der Waals surface area contributed by atoms with E-state index in [-0.39, 0.29) is 0 Å². The second-order valence-corrected chi connectivity index (χ2v) is 9.01. The summed E-state index contributed by atoms with van der Waals surface area (Å²) < 4.78 is 0. The SMILES string of the molecule is CC1CCC(C(C)(C)C2CCCC(C)C2)C(Br)C1. The van der Waals surface area contributed by atoms with E-state index in [0.717, 1.165) is 28.5 Å². The van der Waals surface area contributed by atoms with Crippen molar-refractivity contribution >= 4 is 15.9 Å². The molecule has 0 N–H and O–H groups in total. The second kappa shape index (κ2) is 5.85. The minimum absolute atomic E-state index is 0.531. The van der Waals surface area contributed by atoms with Gasteiger partial charge in [-0.25, -0.2) is 0 Å². The Kier molecular flexibility index (Phi) is 4.84. The van der Waals surface area contributed by atoms with E-state index < -0.39 is 0 Å². The number of halogens is 1. The Balaban J connectivity index is 2.04. The van der Waals surface area contributed by atoms with Crippen LogP contribution in [-0.2, 0) is 0 Å². The van der Waals surface area contributed by atoms with E-state index in [9.17, 15) is 0 Å². The van der Waals surface area contributed by atoms with Crippen LogP contribution in [0.1, 0.15) is 72.6 Å². The van der Waals surface area contributed by atoms with Crippen LogP contribution in [0.2, 0.25) is 0 Å². The summed E-state index contributed by atoms with van der Waals surface area (Å²) in [4.78, 5) is 0.758. The van der Waals surface area contributed by atoms with Crippen molar-refractivity contribution in [3.63, 3.8) is 0 Å². The van der Waals surface area contributed by atoms with E-state index in [0.29, 0.717) is 5.41 Å². The minimum Gasteiger partial charge on any atom is -0.0887 e. The van der Waals surface area contributed by atoms with Crippen molar-refractivity contribution in [3.8, 4) is 0 Å². The third-order valence-corrected chi connectivity index (χ3v) is 6.99. The van der Waals surface area contributed by atoms with Gasteiger partial charge in [-0.3, -0.25) is 0 Å². The Morgan fingerprint density at radius 1 is 0.889 bits per heavy atom. The molecule has 2 fully saturated rings. The largest absolute Gasteiger partial charge is 0.0887 e. The van der Waals surface area contributed by atoms with Crippen molar-refractivity contribution in [1.29, 1.82) is 0 Å². The van der Waals surface area contributed by atoms with Gasteiger partial charge >= 0.3 is 0 Å². The summed E-state index contributed by atoms with van der Waals surface area (Å²) in [6.45, 7) is 9.99. The molecule has 0 aromatic heterocycles. The molecule has 5 unspecified atom stereocenters. The van der Waals surface area contributed by atoms with Crippen molar-refractivity contribution in [3.05, 3.63) is 0 Å². The highest BCUT2D eigenvalue weighted by Gasteiger charge is 2.43. The molecular formula is C17H31Br. The highest BCUT2D eigenvalue weighted by Crippen LogP contribution is 2.51. The lowest BCUT2D eigenvalue weighted by atomic mass is 9.59. The van der Waals surface area contributed by atoms with Gasteiger partial charge in [-0.05, 0) is 54.8 Å². The number of hydrogen-bond acceptors (Lipinski definition) is 0. The van der Waals surface area contributed by atoms with Gasteiger partial charge in [0.25, 0.3) is 0 Å². The zero-order valence-electron chi connectivity index (χ0n) is 12.7. The molecule has 5 atom stereocenters. The Morgan fingerprint density at radius 2 is 1.56 bits per heavy atom. The lowest BCUT2D eigenvalue weighted by Gasteiger charge is -2.48. The van der Waals surface area contributed by atoms with Crippen LogP contribution in [0, 0.1) is 29.1 Å². The van der Waals surface area contributed by atoms with Crippen molar-refractivity contribution < 1.29 is 0 Å². The van der Waals surface area contributed by atoms with Gasteiger partial charge in [0.05, 0.1) is 0 Å². The molecule has 2 aliphatic rings. The highest BCUT2D eigenvalue weighted by atomic mass is 79.9. The molecule has 0 radical (unpaired) electrons. The van der Waals surface area contributed by atoms with E-state index in [1.807, 2.05) is 0 Å². The quantitative estimate of drug-likeness (QED) is 0.545. The van der Waals surface area contributed by atoms with Gasteiger partial charge in [0.1, 0.15) is 0 Å². The summed E-state index contributed by atoms with van der Waals surface area (Å²) >= 11 is 4.01. The Hall–Kier alpha value is 0.480.